The van der Waals surface area contributed by atoms with E-state index in [9.17, 15) is 4.79 Å². The zero-order valence-electron chi connectivity index (χ0n) is 15.3. The highest BCUT2D eigenvalue weighted by molar-refractivity contribution is 5.82. The van der Waals surface area contributed by atoms with E-state index in [1.165, 1.54) is 49.8 Å². The molecule has 3 nitrogen and oxygen atoms in total. The predicted octanol–water partition coefficient (Wildman–Crippen LogP) is 3.77. The Morgan fingerprint density at radius 3 is 2.44 bits per heavy atom. The van der Waals surface area contributed by atoms with Gasteiger partial charge in [0.05, 0.1) is 6.54 Å². The first-order chi connectivity index (χ1) is 12.1. The Bertz CT molecular complexity index is 647. The first-order valence-electron chi connectivity index (χ1n) is 10.2. The van der Waals surface area contributed by atoms with Gasteiger partial charge in [-0.1, -0.05) is 18.2 Å². The number of nitrogens with one attached hydrogen (secondary N) is 1. The van der Waals surface area contributed by atoms with E-state index in [2.05, 4.69) is 41.4 Å². The van der Waals surface area contributed by atoms with Gasteiger partial charge in [0.2, 0.25) is 5.91 Å². The Hall–Kier alpha value is -1.51. The first kappa shape index (κ1) is 15.7. The minimum atomic E-state index is 0.208. The molecule has 1 aliphatic heterocycles. The summed E-state index contributed by atoms with van der Waals surface area (Å²) < 4.78 is 0. The van der Waals surface area contributed by atoms with Gasteiger partial charge < -0.3 is 10.2 Å². The van der Waals surface area contributed by atoms with Crippen molar-refractivity contribution in [2.24, 2.45) is 23.2 Å². The third kappa shape index (κ3) is 2.76. The number of carbonyl (C=O) groups excluding carboxylic acids is 1. The molecule has 4 fully saturated rings. The fraction of sp³-hybridized carbons (Fsp3) is 0.682. The standard InChI is InChI=1S/C22H30N2O/c1-15-6-19-4-2-3-5-20(19)24(15)13-21(25)23-14-22-10-16-7-17(11-22)9-18(8-16)12-22/h2-5,15-18H,6-14H2,1H3,(H,23,25)/t15-,16?,17?,18?,22?/m1/s1. The molecule has 0 saturated heterocycles. The molecule has 134 valence electrons. The highest BCUT2D eigenvalue weighted by Crippen LogP contribution is 2.59. The molecule has 1 aromatic rings. The van der Waals surface area contributed by atoms with E-state index in [0.29, 0.717) is 18.0 Å². The van der Waals surface area contributed by atoms with Gasteiger partial charge in [0, 0.05) is 18.3 Å². The molecule has 25 heavy (non-hydrogen) atoms. The van der Waals surface area contributed by atoms with Gasteiger partial charge in [-0.25, -0.2) is 0 Å². The van der Waals surface area contributed by atoms with Crippen LogP contribution < -0.4 is 10.2 Å². The number of fused-ring (bicyclic) bond motifs is 1. The van der Waals surface area contributed by atoms with Crippen LogP contribution in [0.1, 0.15) is 51.0 Å². The molecule has 4 saturated carbocycles. The normalized spacial score (nSPS) is 38.0. The number of nitrogens with zero attached hydrogens (tertiary/aromatic N) is 1. The van der Waals surface area contributed by atoms with Crippen LogP contribution in [0.15, 0.2) is 24.3 Å². The average molecular weight is 338 g/mol. The van der Waals surface area contributed by atoms with Crippen molar-refractivity contribution >= 4 is 11.6 Å². The zero-order chi connectivity index (χ0) is 17.0. The minimum absolute atomic E-state index is 0.208. The molecule has 0 unspecified atom stereocenters. The Labute approximate surface area is 151 Å². The predicted molar refractivity (Wildman–Crippen MR) is 101 cm³/mol. The molecule has 1 aromatic carbocycles. The lowest BCUT2D eigenvalue weighted by Crippen LogP contribution is -2.52. The van der Waals surface area contributed by atoms with Crippen LogP contribution in [0.5, 0.6) is 0 Å². The maximum absolute atomic E-state index is 12.7. The van der Waals surface area contributed by atoms with Gasteiger partial charge in [0.25, 0.3) is 0 Å². The van der Waals surface area contributed by atoms with Crippen molar-refractivity contribution < 1.29 is 4.79 Å². The summed E-state index contributed by atoms with van der Waals surface area (Å²) in [4.78, 5) is 15.0. The van der Waals surface area contributed by atoms with Crippen molar-refractivity contribution in [3.05, 3.63) is 29.8 Å². The maximum atomic E-state index is 12.7. The van der Waals surface area contributed by atoms with Crippen LogP contribution in [0.25, 0.3) is 0 Å². The smallest absolute Gasteiger partial charge is 0.239 e. The second kappa shape index (κ2) is 5.75. The number of hydrogen-bond donors (Lipinski definition) is 1. The number of anilines is 1. The lowest BCUT2D eigenvalue weighted by Gasteiger charge is -2.56. The molecular formula is C22H30N2O. The molecule has 1 N–H and O–H groups in total. The van der Waals surface area contributed by atoms with Crippen molar-refractivity contribution in [1.82, 2.24) is 5.32 Å². The number of rotatable bonds is 4. The lowest BCUT2D eigenvalue weighted by atomic mass is 9.49. The van der Waals surface area contributed by atoms with E-state index in [1.54, 1.807) is 0 Å². The number of amides is 1. The maximum Gasteiger partial charge on any atom is 0.239 e. The van der Waals surface area contributed by atoms with Crippen LogP contribution in [0.3, 0.4) is 0 Å². The van der Waals surface area contributed by atoms with Crippen LogP contribution in [-0.2, 0) is 11.2 Å². The Morgan fingerprint density at radius 1 is 1.12 bits per heavy atom. The summed E-state index contributed by atoms with van der Waals surface area (Å²) in [7, 11) is 0. The van der Waals surface area contributed by atoms with Crippen molar-refractivity contribution in [2.45, 2.75) is 57.9 Å². The van der Waals surface area contributed by atoms with Gasteiger partial charge in [-0.2, -0.15) is 0 Å². The molecule has 0 spiro atoms. The lowest BCUT2D eigenvalue weighted by molar-refractivity contribution is -0.122. The van der Waals surface area contributed by atoms with E-state index >= 15 is 0 Å². The van der Waals surface area contributed by atoms with E-state index < -0.39 is 0 Å². The van der Waals surface area contributed by atoms with Crippen LogP contribution in [0.4, 0.5) is 5.69 Å². The third-order valence-electron chi connectivity index (χ3n) is 7.49. The van der Waals surface area contributed by atoms with Gasteiger partial charge in [-0.05, 0) is 86.7 Å². The average Bonchev–Trinajstić information content (AvgIpc) is 2.88. The zero-order valence-corrected chi connectivity index (χ0v) is 15.3. The summed E-state index contributed by atoms with van der Waals surface area (Å²) in [5.41, 5.74) is 3.06. The Morgan fingerprint density at radius 2 is 1.76 bits per heavy atom. The number of hydrogen-bond acceptors (Lipinski definition) is 2. The van der Waals surface area contributed by atoms with Crippen LogP contribution >= 0.6 is 0 Å². The van der Waals surface area contributed by atoms with Gasteiger partial charge in [-0.3, -0.25) is 4.79 Å². The molecule has 0 aromatic heterocycles. The summed E-state index contributed by atoms with van der Waals surface area (Å²) in [5, 5.41) is 3.34. The fourth-order valence-electron chi connectivity index (χ4n) is 6.87. The van der Waals surface area contributed by atoms with Gasteiger partial charge in [0.1, 0.15) is 0 Å². The number of benzene rings is 1. The molecule has 3 heteroatoms. The Balaban J connectivity index is 1.22. The summed E-state index contributed by atoms with van der Waals surface area (Å²) >= 11 is 0. The van der Waals surface area contributed by atoms with Crippen molar-refractivity contribution in [3.63, 3.8) is 0 Å². The highest BCUT2D eigenvalue weighted by Gasteiger charge is 2.50. The van der Waals surface area contributed by atoms with Crippen molar-refractivity contribution in [1.29, 1.82) is 0 Å². The van der Waals surface area contributed by atoms with Crippen LogP contribution in [-0.4, -0.2) is 25.0 Å². The quantitative estimate of drug-likeness (QED) is 0.906. The van der Waals surface area contributed by atoms with E-state index in [4.69, 9.17) is 0 Å². The molecule has 4 aliphatic carbocycles. The molecule has 6 rings (SSSR count). The molecule has 4 bridgehead atoms. The van der Waals surface area contributed by atoms with E-state index in [1.807, 2.05) is 0 Å². The largest absolute Gasteiger partial charge is 0.359 e. The monoisotopic (exact) mass is 338 g/mol. The van der Waals surface area contributed by atoms with Gasteiger partial charge in [-0.15, -0.1) is 0 Å². The molecule has 1 atom stereocenters. The molecule has 0 radical (unpaired) electrons. The van der Waals surface area contributed by atoms with E-state index in [0.717, 1.165) is 30.7 Å². The first-order valence-corrected chi connectivity index (χ1v) is 10.2. The number of carbonyl (C=O) groups is 1. The summed E-state index contributed by atoms with van der Waals surface area (Å²) in [6, 6.07) is 8.95. The summed E-state index contributed by atoms with van der Waals surface area (Å²) in [6.07, 6.45) is 9.55. The topological polar surface area (TPSA) is 32.3 Å². The second-order valence-corrected chi connectivity index (χ2v) is 9.50. The summed E-state index contributed by atoms with van der Waals surface area (Å²) in [5.74, 6) is 3.06. The summed E-state index contributed by atoms with van der Waals surface area (Å²) in [6.45, 7) is 3.65. The van der Waals surface area contributed by atoms with Crippen LogP contribution in [0, 0.1) is 23.2 Å². The molecule has 1 heterocycles. The van der Waals surface area contributed by atoms with E-state index in [-0.39, 0.29) is 5.91 Å². The van der Waals surface area contributed by atoms with Crippen molar-refractivity contribution in [3.8, 4) is 0 Å². The third-order valence-corrected chi connectivity index (χ3v) is 7.49. The van der Waals surface area contributed by atoms with Crippen molar-refractivity contribution in [2.75, 3.05) is 18.0 Å². The Kier molecular flexibility index (Phi) is 3.62. The SMILES string of the molecule is C[C@@H]1Cc2ccccc2N1CC(=O)NCC12CC3CC(CC(C3)C1)C2. The second-order valence-electron chi connectivity index (χ2n) is 9.50. The van der Waals surface area contributed by atoms with Gasteiger partial charge in [0.15, 0.2) is 0 Å². The minimum Gasteiger partial charge on any atom is -0.359 e. The molecular weight excluding hydrogens is 308 g/mol. The van der Waals surface area contributed by atoms with Crippen LogP contribution in [0.2, 0.25) is 0 Å². The van der Waals surface area contributed by atoms with Gasteiger partial charge >= 0.3 is 0 Å². The fourth-order valence-corrected chi connectivity index (χ4v) is 6.87. The molecule has 1 amide bonds. The molecule has 5 aliphatic rings. The highest BCUT2D eigenvalue weighted by atomic mass is 16.2. The number of para-hydroxylation sites is 1.